The van der Waals surface area contributed by atoms with Crippen molar-refractivity contribution >= 4 is 5.82 Å². The molecule has 1 aromatic rings. The van der Waals surface area contributed by atoms with Gasteiger partial charge in [0, 0.05) is 5.56 Å². The molecule has 1 heterocycles. The molecule has 0 saturated heterocycles. The van der Waals surface area contributed by atoms with Crippen LogP contribution in [0.15, 0.2) is 6.20 Å². The molecule has 3 heteroatoms. The molecule has 0 aromatic carbocycles. The first-order valence-electron chi connectivity index (χ1n) is 6.21. The molecule has 92 valence electrons. The highest BCUT2D eigenvalue weighted by Crippen LogP contribution is 2.27. The lowest BCUT2D eigenvalue weighted by Crippen LogP contribution is -2.17. The van der Waals surface area contributed by atoms with Gasteiger partial charge in [0.2, 0.25) is 0 Å². The molecule has 0 bridgehead atoms. The standard InChI is InChI=1S/C13H25N3/c1-9(2)6-12(7-10(3)4)16-13(14)11(5)8-15-16/h8-10,12H,6-7,14H2,1-5H3. The van der Waals surface area contributed by atoms with E-state index in [1.54, 1.807) is 0 Å². The zero-order chi connectivity index (χ0) is 12.3. The van der Waals surface area contributed by atoms with Gasteiger partial charge in [-0.25, -0.2) is 4.68 Å². The maximum Gasteiger partial charge on any atom is 0.124 e. The molecule has 0 radical (unpaired) electrons. The minimum Gasteiger partial charge on any atom is -0.384 e. The highest BCUT2D eigenvalue weighted by Gasteiger charge is 2.18. The van der Waals surface area contributed by atoms with Crippen LogP contribution < -0.4 is 5.73 Å². The van der Waals surface area contributed by atoms with Gasteiger partial charge in [0.15, 0.2) is 0 Å². The molecule has 0 unspecified atom stereocenters. The molecule has 0 atom stereocenters. The number of nitrogens with zero attached hydrogens (tertiary/aromatic N) is 2. The molecule has 0 fully saturated rings. The smallest absolute Gasteiger partial charge is 0.124 e. The lowest BCUT2D eigenvalue weighted by Gasteiger charge is -2.22. The maximum absolute atomic E-state index is 6.06. The second-order valence-electron chi connectivity index (χ2n) is 5.57. The Bertz CT molecular complexity index is 316. The Morgan fingerprint density at radius 1 is 1.19 bits per heavy atom. The van der Waals surface area contributed by atoms with Crippen LogP contribution in [0.25, 0.3) is 0 Å². The molecule has 0 spiro atoms. The summed E-state index contributed by atoms with van der Waals surface area (Å²) in [5.41, 5.74) is 7.14. The van der Waals surface area contributed by atoms with E-state index in [0.717, 1.165) is 24.2 Å². The van der Waals surface area contributed by atoms with Gasteiger partial charge in [-0.2, -0.15) is 5.10 Å². The van der Waals surface area contributed by atoms with Crippen molar-refractivity contribution in [3.05, 3.63) is 11.8 Å². The van der Waals surface area contributed by atoms with Gasteiger partial charge in [-0.05, 0) is 31.6 Å². The molecule has 1 rings (SSSR count). The average molecular weight is 223 g/mol. The van der Waals surface area contributed by atoms with Crippen LogP contribution >= 0.6 is 0 Å². The van der Waals surface area contributed by atoms with Crippen LogP contribution in [-0.2, 0) is 0 Å². The number of hydrogen-bond donors (Lipinski definition) is 1. The van der Waals surface area contributed by atoms with Crippen LogP contribution in [0.5, 0.6) is 0 Å². The first kappa shape index (κ1) is 13.1. The third-order valence-electron chi connectivity index (χ3n) is 2.86. The summed E-state index contributed by atoms with van der Waals surface area (Å²) < 4.78 is 2.01. The largest absolute Gasteiger partial charge is 0.384 e. The minimum atomic E-state index is 0.439. The summed E-state index contributed by atoms with van der Waals surface area (Å²) in [4.78, 5) is 0. The number of anilines is 1. The fourth-order valence-electron chi connectivity index (χ4n) is 2.13. The highest BCUT2D eigenvalue weighted by molar-refractivity contribution is 5.37. The van der Waals surface area contributed by atoms with Crippen molar-refractivity contribution in [1.29, 1.82) is 0 Å². The van der Waals surface area contributed by atoms with E-state index in [-0.39, 0.29) is 0 Å². The predicted octanol–water partition coefficient (Wildman–Crippen LogP) is 3.41. The van der Waals surface area contributed by atoms with Crippen molar-refractivity contribution in [2.45, 2.75) is 53.5 Å². The molecule has 16 heavy (non-hydrogen) atoms. The van der Waals surface area contributed by atoms with Gasteiger partial charge < -0.3 is 5.73 Å². The predicted molar refractivity (Wildman–Crippen MR) is 69.3 cm³/mol. The third-order valence-corrected chi connectivity index (χ3v) is 2.86. The number of nitrogen functional groups attached to an aromatic ring is 1. The average Bonchev–Trinajstić information content (AvgIpc) is 2.45. The van der Waals surface area contributed by atoms with Crippen LogP contribution in [0.1, 0.15) is 52.1 Å². The molecule has 1 aromatic heterocycles. The van der Waals surface area contributed by atoms with Gasteiger partial charge >= 0.3 is 0 Å². The molecule has 3 nitrogen and oxygen atoms in total. The summed E-state index contributed by atoms with van der Waals surface area (Å²) in [5.74, 6) is 2.17. The topological polar surface area (TPSA) is 43.8 Å². The van der Waals surface area contributed by atoms with Crippen molar-refractivity contribution in [3.8, 4) is 0 Å². The van der Waals surface area contributed by atoms with E-state index >= 15 is 0 Å². The number of aryl methyl sites for hydroxylation is 1. The van der Waals surface area contributed by atoms with Gasteiger partial charge in [0.25, 0.3) is 0 Å². The molecule has 0 aliphatic carbocycles. The highest BCUT2D eigenvalue weighted by atomic mass is 15.3. The Morgan fingerprint density at radius 2 is 1.69 bits per heavy atom. The Morgan fingerprint density at radius 3 is 2.00 bits per heavy atom. The van der Waals surface area contributed by atoms with Gasteiger partial charge in [-0.15, -0.1) is 0 Å². The van der Waals surface area contributed by atoms with Crippen LogP contribution in [-0.4, -0.2) is 9.78 Å². The normalized spacial score (nSPS) is 12.0. The lowest BCUT2D eigenvalue weighted by atomic mass is 9.96. The summed E-state index contributed by atoms with van der Waals surface area (Å²) in [6.07, 6.45) is 4.15. The van der Waals surface area contributed by atoms with Crippen molar-refractivity contribution in [3.63, 3.8) is 0 Å². The van der Waals surface area contributed by atoms with Crippen LogP contribution in [0.4, 0.5) is 5.82 Å². The first-order valence-corrected chi connectivity index (χ1v) is 6.21. The van der Waals surface area contributed by atoms with Crippen LogP contribution in [0, 0.1) is 18.8 Å². The summed E-state index contributed by atoms with van der Waals surface area (Å²) in [7, 11) is 0. The summed E-state index contributed by atoms with van der Waals surface area (Å²) >= 11 is 0. The third kappa shape index (κ3) is 3.26. The van der Waals surface area contributed by atoms with Gasteiger partial charge in [0.05, 0.1) is 12.2 Å². The van der Waals surface area contributed by atoms with Crippen molar-refractivity contribution < 1.29 is 0 Å². The molecule has 0 aliphatic rings. The quantitative estimate of drug-likeness (QED) is 0.831. The molecule has 0 aliphatic heterocycles. The SMILES string of the molecule is Cc1cnn(C(CC(C)C)CC(C)C)c1N. The van der Waals surface area contributed by atoms with Gasteiger partial charge in [0.1, 0.15) is 5.82 Å². The van der Waals surface area contributed by atoms with E-state index in [4.69, 9.17) is 5.73 Å². The Hall–Kier alpha value is -0.990. The summed E-state index contributed by atoms with van der Waals surface area (Å²) in [6.45, 7) is 11.0. The maximum atomic E-state index is 6.06. The minimum absolute atomic E-state index is 0.439. The van der Waals surface area contributed by atoms with E-state index in [0.29, 0.717) is 17.9 Å². The van der Waals surface area contributed by atoms with Gasteiger partial charge in [-0.1, -0.05) is 27.7 Å². The molecular weight excluding hydrogens is 198 g/mol. The van der Waals surface area contributed by atoms with E-state index < -0.39 is 0 Å². The summed E-state index contributed by atoms with van der Waals surface area (Å²) in [6, 6.07) is 0.439. The zero-order valence-corrected chi connectivity index (χ0v) is 11.2. The molecule has 0 saturated carbocycles. The van der Waals surface area contributed by atoms with E-state index in [1.807, 2.05) is 17.8 Å². The second-order valence-corrected chi connectivity index (χ2v) is 5.57. The van der Waals surface area contributed by atoms with Crippen molar-refractivity contribution in [1.82, 2.24) is 9.78 Å². The fraction of sp³-hybridized carbons (Fsp3) is 0.769. The van der Waals surface area contributed by atoms with E-state index in [9.17, 15) is 0 Å². The Balaban J connectivity index is 2.87. The molecule has 0 amide bonds. The van der Waals surface area contributed by atoms with Crippen molar-refractivity contribution in [2.75, 3.05) is 5.73 Å². The number of rotatable bonds is 5. The van der Waals surface area contributed by atoms with Crippen LogP contribution in [0.2, 0.25) is 0 Å². The van der Waals surface area contributed by atoms with E-state index in [1.165, 1.54) is 0 Å². The number of nitrogens with two attached hydrogens (primary N) is 1. The lowest BCUT2D eigenvalue weighted by molar-refractivity contribution is 0.320. The number of hydrogen-bond acceptors (Lipinski definition) is 2. The monoisotopic (exact) mass is 223 g/mol. The van der Waals surface area contributed by atoms with Crippen molar-refractivity contribution in [2.24, 2.45) is 11.8 Å². The Labute approximate surface area is 99.0 Å². The summed E-state index contributed by atoms with van der Waals surface area (Å²) in [5, 5.41) is 4.41. The number of aromatic nitrogens is 2. The fourth-order valence-corrected chi connectivity index (χ4v) is 2.13. The Kier molecular flexibility index (Phi) is 4.39. The van der Waals surface area contributed by atoms with Gasteiger partial charge in [-0.3, -0.25) is 0 Å². The molecule has 2 N–H and O–H groups in total. The first-order chi connectivity index (χ1) is 7.41. The second kappa shape index (κ2) is 5.37. The zero-order valence-electron chi connectivity index (χ0n) is 11.2. The van der Waals surface area contributed by atoms with E-state index in [2.05, 4.69) is 32.8 Å². The van der Waals surface area contributed by atoms with Crippen LogP contribution in [0.3, 0.4) is 0 Å². The molecular formula is C13H25N3.